The van der Waals surface area contributed by atoms with Crippen molar-refractivity contribution in [2.24, 2.45) is 0 Å². The van der Waals surface area contributed by atoms with Gasteiger partial charge in [0.1, 0.15) is 11.5 Å². The van der Waals surface area contributed by atoms with Gasteiger partial charge in [0.05, 0.1) is 6.20 Å². The van der Waals surface area contributed by atoms with Crippen LogP contribution in [-0.4, -0.2) is 22.0 Å². The van der Waals surface area contributed by atoms with Gasteiger partial charge in [-0.05, 0) is 30.2 Å². The molecule has 0 aliphatic carbocycles. The summed E-state index contributed by atoms with van der Waals surface area (Å²) in [4.78, 5) is 26.3. The molecule has 1 heterocycles. The second-order valence-electron chi connectivity index (χ2n) is 4.37. The number of carbonyl (C=O) groups is 2. The topological polar surface area (TPSA) is 79.3 Å². The quantitative estimate of drug-likeness (QED) is 0.886. The SMILES string of the molecule is O=C(O)CCc1ccccc1NC(=O)c1ccc(F)cn1. The van der Waals surface area contributed by atoms with Gasteiger partial charge in [-0.2, -0.15) is 0 Å². The molecule has 0 bridgehead atoms. The number of rotatable bonds is 5. The number of pyridine rings is 1. The predicted molar refractivity (Wildman–Crippen MR) is 74.5 cm³/mol. The lowest BCUT2D eigenvalue weighted by molar-refractivity contribution is -0.136. The molecule has 0 saturated carbocycles. The van der Waals surface area contributed by atoms with Crippen LogP contribution in [0.25, 0.3) is 0 Å². The van der Waals surface area contributed by atoms with E-state index >= 15 is 0 Å². The Morgan fingerprint density at radius 2 is 1.95 bits per heavy atom. The Morgan fingerprint density at radius 1 is 1.19 bits per heavy atom. The Balaban J connectivity index is 2.13. The van der Waals surface area contributed by atoms with Crippen molar-refractivity contribution in [3.63, 3.8) is 0 Å². The molecule has 21 heavy (non-hydrogen) atoms. The van der Waals surface area contributed by atoms with E-state index in [1.807, 2.05) is 0 Å². The third kappa shape index (κ3) is 4.10. The average molecular weight is 288 g/mol. The van der Waals surface area contributed by atoms with Crippen molar-refractivity contribution in [1.29, 1.82) is 0 Å². The fourth-order valence-electron chi connectivity index (χ4n) is 1.80. The van der Waals surface area contributed by atoms with E-state index in [9.17, 15) is 14.0 Å². The summed E-state index contributed by atoms with van der Waals surface area (Å²) >= 11 is 0. The maximum Gasteiger partial charge on any atom is 0.303 e. The average Bonchev–Trinajstić information content (AvgIpc) is 2.47. The van der Waals surface area contributed by atoms with Crippen molar-refractivity contribution < 1.29 is 19.1 Å². The van der Waals surface area contributed by atoms with Gasteiger partial charge in [-0.25, -0.2) is 9.37 Å². The van der Waals surface area contributed by atoms with Gasteiger partial charge < -0.3 is 10.4 Å². The Morgan fingerprint density at radius 3 is 2.62 bits per heavy atom. The number of nitrogens with one attached hydrogen (secondary N) is 1. The predicted octanol–water partition coefficient (Wildman–Crippen LogP) is 2.49. The summed E-state index contributed by atoms with van der Waals surface area (Å²) in [6.07, 6.45) is 1.25. The van der Waals surface area contributed by atoms with Gasteiger partial charge in [-0.3, -0.25) is 9.59 Å². The molecule has 1 aromatic carbocycles. The lowest BCUT2D eigenvalue weighted by Gasteiger charge is -2.10. The van der Waals surface area contributed by atoms with Gasteiger partial charge in [-0.15, -0.1) is 0 Å². The summed E-state index contributed by atoms with van der Waals surface area (Å²) in [5.41, 5.74) is 1.33. The minimum atomic E-state index is -0.906. The van der Waals surface area contributed by atoms with Crippen LogP contribution < -0.4 is 5.32 Å². The summed E-state index contributed by atoms with van der Waals surface area (Å²) in [5, 5.41) is 11.4. The van der Waals surface area contributed by atoms with E-state index < -0.39 is 17.7 Å². The van der Waals surface area contributed by atoms with Gasteiger partial charge in [-0.1, -0.05) is 18.2 Å². The molecule has 1 aromatic heterocycles. The van der Waals surface area contributed by atoms with Crippen LogP contribution in [0.1, 0.15) is 22.5 Å². The minimum absolute atomic E-state index is 0.0261. The summed E-state index contributed by atoms with van der Waals surface area (Å²) in [6, 6.07) is 9.36. The van der Waals surface area contributed by atoms with Gasteiger partial charge in [0.15, 0.2) is 0 Å². The normalized spacial score (nSPS) is 10.1. The number of halogens is 1. The van der Waals surface area contributed by atoms with E-state index in [2.05, 4.69) is 10.3 Å². The van der Waals surface area contributed by atoms with Crippen LogP contribution in [0.2, 0.25) is 0 Å². The molecule has 2 aromatic rings. The van der Waals surface area contributed by atoms with Crippen LogP contribution in [0.4, 0.5) is 10.1 Å². The van der Waals surface area contributed by atoms with Gasteiger partial charge in [0.2, 0.25) is 0 Å². The first kappa shape index (κ1) is 14.6. The molecule has 2 rings (SSSR count). The highest BCUT2D eigenvalue weighted by molar-refractivity contribution is 6.03. The number of aliphatic carboxylic acids is 1. The Hall–Kier alpha value is -2.76. The molecule has 0 saturated heterocycles. The number of para-hydroxylation sites is 1. The fraction of sp³-hybridized carbons (Fsp3) is 0.133. The molecule has 0 fully saturated rings. The molecule has 0 unspecified atom stereocenters. The highest BCUT2D eigenvalue weighted by Crippen LogP contribution is 2.17. The number of hydrogen-bond acceptors (Lipinski definition) is 3. The first-order valence-corrected chi connectivity index (χ1v) is 6.29. The number of hydrogen-bond donors (Lipinski definition) is 2. The zero-order valence-electron chi connectivity index (χ0n) is 11.0. The molecule has 0 aliphatic heterocycles. The van der Waals surface area contributed by atoms with E-state index in [1.165, 1.54) is 6.07 Å². The number of anilines is 1. The third-order valence-corrected chi connectivity index (χ3v) is 2.83. The number of aromatic nitrogens is 1. The zero-order chi connectivity index (χ0) is 15.2. The number of carbonyl (C=O) groups excluding carboxylic acids is 1. The molecule has 2 N–H and O–H groups in total. The van der Waals surface area contributed by atoms with Crippen LogP contribution in [0, 0.1) is 5.82 Å². The molecular formula is C15H13FN2O3. The number of benzene rings is 1. The maximum atomic E-state index is 12.8. The van der Waals surface area contributed by atoms with E-state index in [0.717, 1.165) is 17.8 Å². The van der Waals surface area contributed by atoms with Gasteiger partial charge >= 0.3 is 5.97 Å². The van der Waals surface area contributed by atoms with Crippen LogP contribution in [0.5, 0.6) is 0 Å². The second kappa shape index (κ2) is 6.60. The summed E-state index contributed by atoms with van der Waals surface area (Å²) in [7, 11) is 0. The first-order chi connectivity index (χ1) is 10.1. The number of amides is 1. The molecule has 0 aliphatic rings. The number of nitrogens with zero attached hydrogens (tertiary/aromatic N) is 1. The summed E-state index contributed by atoms with van der Waals surface area (Å²) in [5.74, 6) is -1.90. The first-order valence-electron chi connectivity index (χ1n) is 6.29. The fourth-order valence-corrected chi connectivity index (χ4v) is 1.80. The molecule has 5 nitrogen and oxygen atoms in total. The van der Waals surface area contributed by atoms with Crippen molar-refractivity contribution in [2.75, 3.05) is 5.32 Å². The molecular weight excluding hydrogens is 275 g/mol. The van der Waals surface area contributed by atoms with Crippen molar-refractivity contribution in [3.05, 3.63) is 59.7 Å². The zero-order valence-corrected chi connectivity index (χ0v) is 11.0. The van der Waals surface area contributed by atoms with Crippen LogP contribution in [-0.2, 0) is 11.2 Å². The molecule has 6 heteroatoms. The third-order valence-electron chi connectivity index (χ3n) is 2.83. The number of carboxylic acids is 1. The van der Waals surface area contributed by atoms with Gasteiger partial charge in [0.25, 0.3) is 5.91 Å². The molecule has 108 valence electrons. The van der Waals surface area contributed by atoms with Crippen molar-refractivity contribution in [3.8, 4) is 0 Å². The smallest absolute Gasteiger partial charge is 0.303 e. The molecule has 0 atom stereocenters. The summed E-state index contributed by atoms with van der Waals surface area (Å²) < 4.78 is 12.8. The van der Waals surface area contributed by atoms with Crippen LogP contribution >= 0.6 is 0 Å². The Kier molecular flexibility index (Phi) is 4.61. The van der Waals surface area contributed by atoms with Gasteiger partial charge in [0, 0.05) is 12.1 Å². The van der Waals surface area contributed by atoms with Crippen LogP contribution in [0.3, 0.4) is 0 Å². The molecule has 0 spiro atoms. The lowest BCUT2D eigenvalue weighted by Crippen LogP contribution is -2.15. The van der Waals surface area contributed by atoms with E-state index in [0.29, 0.717) is 12.1 Å². The number of aryl methyl sites for hydroxylation is 1. The van der Waals surface area contributed by atoms with Crippen molar-refractivity contribution in [2.45, 2.75) is 12.8 Å². The largest absolute Gasteiger partial charge is 0.481 e. The highest BCUT2D eigenvalue weighted by Gasteiger charge is 2.11. The molecule has 1 amide bonds. The highest BCUT2D eigenvalue weighted by atomic mass is 19.1. The van der Waals surface area contributed by atoms with E-state index in [4.69, 9.17) is 5.11 Å². The van der Waals surface area contributed by atoms with Crippen molar-refractivity contribution in [1.82, 2.24) is 4.98 Å². The van der Waals surface area contributed by atoms with E-state index in [-0.39, 0.29) is 12.1 Å². The monoisotopic (exact) mass is 288 g/mol. The standard InChI is InChI=1S/C15H13FN2O3/c16-11-6-7-13(17-9-11)15(21)18-12-4-2-1-3-10(12)5-8-14(19)20/h1-4,6-7,9H,5,8H2,(H,18,21)(H,19,20). The van der Waals surface area contributed by atoms with E-state index in [1.54, 1.807) is 24.3 Å². The maximum absolute atomic E-state index is 12.8. The van der Waals surface area contributed by atoms with Crippen LogP contribution in [0.15, 0.2) is 42.6 Å². The second-order valence-corrected chi connectivity index (χ2v) is 4.37. The lowest BCUT2D eigenvalue weighted by atomic mass is 10.1. The molecule has 0 radical (unpaired) electrons. The Bertz CT molecular complexity index is 656. The van der Waals surface area contributed by atoms with Crippen molar-refractivity contribution >= 4 is 17.6 Å². The summed E-state index contributed by atoms with van der Waals surface area (Å²) in [6.45, 7) is 0. The Labute approximate surface area is 120 Å². The minimum Gasteiger partial charge on any atom is -0.481 e. The number of carboxylic acid groups (broad SMARTS) is 1.